The lowest BCUT2D eigenvalue weighted by molar-refractivity contribution is 0.0908. The summed E-state index contributed by atoms with van der Waals surface area (Å²) in [5.41, 5.74) is 6.07. The Morgan fingerprint density at radius 2 is 2.13 bits per heavy atom. The number of rotatable bonds is 3. The van der Waals surface area contributed by atoms with Crippen LogP contribution >= 0.6 is 0 Å². The average Bonchev–Trinajstić information content (AvgIpc) is 3.16. The van der Waals surface area contributed by atoms with E-state index in [0.717, 1.165) is 0 Å². The zero-order chi connectivity index (χ0) is 16.4. The van der Waals surface area contributed by atoms with Crippen LogP contribution in [0.5, 0.6) is 0 Å². The third-order valence-electron chi connectivity index (χ3n) is 3.80. The Bertz CT molecular complexity index is 701. The van der Waals surface area contributed by atoms with Gasteiger partial charge in [-0.1, -0.05) is 5.16 Å². The predicted molar refractivity (Wildman–Crippen MR) is 78.7 cm³/mol. The van der Waals surface area contributed by atoms with E-state index in [4.69, 9.17) is 19.8 Å². The topological polar surface area (TPSA) is 135 Å². The van der Waals surface area contributed by atoms with E-state index in [-0.39, 0.29) is 23.2 Å². The van der Waals surface area contributed by atoms with E-state index in [1.165, 1.54) is 11.2 Å². The highest BCUT2D eigenvalue weighted by atomic mass is 16.5. The molecule has 1 saturated heterocycles. The summed E-state index contributed by atoms with van der Waals surface area (Å²) in [7, 11) is 0. The number of likely N-dealkylation sites (tertiary alicyclic amines) is 1. The molecule has 4 N–H and O–H groups in total. The Kier molecular flexibility index (Phi) is 3.92. The lowest BCUT2D eigenvalue weighted by Crippen LogP contribution is -2.46. The largest absolute Gasteiger partial charge is 0.465 e. The second-order valence-corrected chi connectivity index (χ2v) is 5.27. The number of carbonyl (C=O) groups excluding carboxylic acids is 1. The number of hydrogen-bond acceptors (Lipinski definition) is 6. The Balaban J connectivity index is 1.70. The Morgan fingerprint density at radius 1 is 1.39 bits per heavy atom. The van der Waals surface area contributed by atoms with Crippen molar-refractivity contribution in [3.63, 3.8) is 0 Å². The van der Waals surface area contributed by atoms with E-state index in [1.54, 1.807) is 12.1 Å². The number of amides is 2. The lowest BCUT2D eigenvalue weighted by atomic mass is 10.0. The minimum absolute atomic E-state index is 0.0862. The van der Waals surface area contributed by atoms with Crippen LogP contribution in [0.4, 0.5) is 10.7 Å². The highest BCUT2D eigenvalue weighted by Gasteiger charge is 2.28. The van der Waals surface area contributed by atoms with Crippen LogP contribution in [0.25, 0.3) is 11.5 Å². The van der Waals surface area contributed by atoms with Crippen LogP contribution in [0.1, 0.15) is 23.2 Å². The lowest BCUT2D eigenvalue weighted by Gasteiger charge is -2.30. The van der Waals surface area contributed by atoms with E-state index >= 15 is 0 Å². The van der Waals surface area contributed by atoms with Gasteiger partial charge in [-0.15, -0.1) is 0 Å². The molecule has 0 atom stereocenters. The summed E-state index contributed by atoms with van der Waals surface area (Å²) in [4.78, 5) is 24.7. The van der Waals surface area contributed by atoms with Crippen molar-refractivity contribution in [2.75, 3.05) is 18.8 Å². The maximum absolute atomic E-state index is 12.5. The van der Waals surface area contributed by atoms with Crippen molar-refractivity contribution >= 4 is 17.9 Å². The van der Waals surface area contributed by atoms with Crippen molar-refractivity contribution in [3.05, 3.63) is 24.0 Å². The molecular formula is C14H16N4O5. The van der Waals surface area contributed by atoms with Crippen molar-refractivity contribution in [2.24, 2.45) is 0 Å². The van der Waals surface area contributed by atoms with Gasteiger partial charge in [0, 0.05) is 19.1 Å². The summed E-state index contributed by atoms with van der Waals surface area (Å²) in [6.07, 6.45) is 1.60. The minimum atomic E-state index is -0.946. The smallest absolute Gasteiger partial charge is 0.407 e. The van der Waals surface area contributed by atoms with Crippen LogP contribution in [0.15, 0.2) is 27.3 Å². The van der Waals surface area contributed by atoms with E-state index in [9.17, 15) is 9.59 Å². The van der Waals surface area contributed by atoms with Crippen LogP contribution in [0.2, 0.25) is 0 Å². The van der Waals surface area contributed by atoms with Crippen LogP contribution in [0.3, 0.4) is 0 Å². The summed E-state index contributed by atoms with van der Waals surface area (Å²) in [6, 6.07) is 3.19. The second-order valence-electron chi connectivity index (χ2n) is 5.27. The van der Waals surface area contributed by atoms with Gasteiger partial charge in [0.15, 0.2) is 11.5 Å². The first-order valence-corrected chi connectivity index (χ1v) is 7.14. The molecule has 2 aromatic heterocycles. The average molecular weight is 320 g/mol. The molecule has 2 amide bonds. The fourth-order valence-corrected chi connectivity index (χ4v) is 2.58. The van der Waals surface area contributed by atoms with Gasteiger partial charge in [0.2, 0.25) is 5.88 Å². The molecule has 9 nitrogen and oxygen atoms in total. The standard InChI is InChI=1S/C14H16N4O5/c15-12-10(11(17-23-12)9-2-1-7-22-9)13(19)16-8-3-5-18(6-4-8)14(20)21/h1-2,7-8H,3-6,15H2,(H,16,19)(H,20,21). The molecule has 0 radical (unpaired) electrons. The molecule has 1 aliphatic rings. The molecule has 1 fully saturated rings. The number of nitrogens with zero attached hydrogens (tertiary/aromatic N) is 2. The van der Waals surface area contributed by atoms with Gasteiger partial charge in [-0.3, -0.25) is 4.79 Å². The minimum Gasteiger partial charge on any atom is -0.465 e. The van der Waals surface area contributed by atoms with E-state index in [0.29, 0.717) is 31.7 Å². The zero-order valence-electron chi connectivity index (χ0n) is 12.2. The zero-order valence-corrected chi connectivity index (χ0v) is 12.2. The van der Waals surface area contributed by atoms with Gasteiger partial charge in [-0.2, -0.15) is 0 Å². The number of furan rings is 1. The normalized spacial score (nSPS) is 15.6. The summed E-state index contributed by atoms with van der Waals surface area (Å²) in [6.45, 7) is 0.759. The fraction of sp³-hybridized carbons (Fsp3) is 0.357. The Hall–Kier alpha value is -2.97. The van der Waals surface area contributed by atoms with Crippen molar-refractivity contribution in [1.82, 2.24) is 15.4 Å². The first-order chi connectivity index (χ1) is 11.1. The number of carbonyl (C=O) groups is 2. The van der Waals surface area contributed by atoms with Gasteiger partial charge in [0.05, 0.1) is 6.26 Å². The first-order valence-electron chi connectivity index (χ1n) is 7.14. The number of anilines is 1. The van der Waals surface area contributed by atoms with Gasteiger partial charge in [-0.25, -0.2) is 4.79 Å². The number of nitrogen functional groups attached to an aromatic ring is 1. The van der Waals surface area contributed by atoms with Crippen molar-refractivity contribution in [3.8, 4) is 11.5 Å². The van der Waals surface area contributed by atoms with Crippen molar-refractivity contribution in [1.29, 1.82) is 0 Å². The maximum Gasteiger partial charge on any atom is 0.407 e. The number of aromatic nitrogens is 1. The molecule has 9 heteroatoms. The van der Waals surface area contributed by atoms with E-state index in [1.807, 2.05) is 0 Å². The van der Waals surface area contributed by atoms with Gasteiger partial charge in [0.1, 0.15) is 5.56 Å². The van der Waals surface area contributed by atoms with Crippen molar-refractivity contribution < 1.29 is 23.6 Å². The Labute approximate surface area is 131 Å². The number of nitrogens with two attached hydrogens (primary N) is 1. The van der Waals surface area contributed by atoms with Crippen molar-refractivity contribution in [2.45, 2.75) is 18.9 Å². The highest BCUT2D eigenvalue weighted by molar-refractivity contribution is 6.03. The number of piperidine rings is 1. The van der Waals surface area contributed by atoms with Crippen LogP contribution in [-0.4, -0.2) is 46.3 Å². The molecule has 122 valence electrons. The number of nitrogens with one attached hydrogen (secondary N) is 1. The molecular weight excluding hydrogens is 304 g/mol. The summed E-state index contributed by atoms with van der Waals surface area (Å²) >= 11 is 0. The molecule has 3 heterocycles. The highest BCUT2D eigenvalue weighted by Crippen LogP contribution is 2.27. The van der Waals surface area contributed by atoms with E-state index < -0.39 is 12.0 Å². The monoisotopic (exact) mass is 320 g/mol. The summed E-state index contributed by atoms with van der Waals surface area (Å²) < 4.78 is 10.1. The molecule has 1 aliphatic heterocycles. The first kappa shape index (κ1) is 14.9. The predicted octanol–water partition coefficient (Wildman–Crippen LogP) is 1.39. The van der Waals surface area contributed by atoms with Gasteiger partial charge in [0.25, 0.3) is 5.91 Å². The molecule has 23 heavy (non-hydrogen) atoms. The second kappa shape index (κ2) is 6.03. The SMILES string of the molecule is Nc1onc(-c2ccco2)c1C(=O)NC1CCN(C(=O)O)CC1. The quantitative estimate of drug-likeness (QED) is 0.777. The van der Waals surface area contributed by atoms with Gasteiger partial charge >= 0.3 is 6.09 Å². The van der Waals surface area contributed by atoms with Gasteiger partial charge in [-0.05, 0) is 25.0 Å². The summed E-state index contributed by atoms with van der Waals surface area (Å²) in [5, 5.41) is 15.5. The Morgan fingerprint density at radius 3 is 2.74 bits per heavy atom. The number of carboxylic acid groups (broad SMARTS) is 1. The molecule has 0 spiro atoms. The summed E-state index contributed by atoms with van der Waals surface area (Å²) in [5.74, 6) is -0.114. The maximum atomic E-state index is 12.5. The molecule has 3 rings (SSSR count). The molecule has 0 aliphatic carbocycles. The molecule has 0 unspecified atom stereocenters. The van der Waals surface area contributed by atoms with Gasteiger partial charge < -0.3 is 30.0 Å². The molecule has 0 saturated carbocycles. The number of hydrogen-bond donors (Lipinski definition) is 3. The van der Waals surface area contributed by atoms with Crippen LogP contribution in [0, 0.1) is 0 Å². The van der Waals surface area contributed by atoms with E-state index in [2.05, 4.69) is 10.5 Å². The third kappa shape index (κ3) is 2.98. The molecule has 0 aromatic carbocycles. The van der Waals surface area contributed by atoms with Crippen LogP contribution in [-0.2, 0) is 0 Å². The fourth-order valence-electron chi connectivity index (χ4n) is 2.58. The third-order valence-corrected chi connectivity index (χ3v) is 3.80. The molecule has 0 bridgehead atoms. The molecule has 2 aromatic rings. The van der Waals surface area contributed by atoms with Crippen LogP contribution < -0.4 is 11.1 Å².